The quantitative estimate of drug-likeness (QED) is 0.517. The molecule has 0 bridgehead atoms. The number of carboxylic acid groups (broad SMARTS) is 1. The highest BCUT2D eigenvalue weighted by molar-refractivity contribution is 5.93. The van der Waals surface area contributed by atoms with Crippen LogP contribution in [0, 0.1) is 10.1 Å². The van der Waals surface area contributed by atoms with E-state index in [1.165, 1.54) is 26.0 Å². The van der Waals surface area contributed by atoms with Gasteiger partial charge in [0.25, 0.3) is 5.69 Å². The molecule has 8 nitrogen and oxygen atoms in total. The fourth-order valence-corrected chi connectivity index (χ4v) is 1.43. The van der Waals surface area contributed by atoms with E-state index in [9.17, 15) is 19.7 Å². The Hall–Kier alpha value is -2.48. The van der Waals surface area contributed by atoms with Crippen LogP contribution in [0.1, 0.15) is 29.8 Å². The number of nitrogens with two attached hydrogens (primary N) is 1. The number of carbonyl (C=O) groups is 2. The SMILES string of the molecule is CC(C)(NCc1ccc(C(N)=O)cc1[N+](=O)[O-])C(=O)O. The molecule has 1 rings (SSSR count). The number of amides is 1. The van der Waals surface area contributed by atoms with E-state index in [1.807, 2.05) is 0 Å². The zero-order valence-corrected chi connectivity index (χ0v) is 11.0. The van der Waals surface area contributed by atoms with Gasteiger partial charge < -0.3 is 10.8 Å². The number of benzene rings is 1. The standard InChI is InChI=1S/C12H15N3O5/c1-12(2,11(17)18)14-6-8-4-3-7(10(13)16)5-9(8)15(19)20/h3-5,14H,6H2,1-2H3,(H2,13,16)(H,17,18). The lowest BCUT2D eigenvalue weighted by atomic mass is 10.0. The van der Waals surface area contributed by atoms with Gasteiger partial charge in [-0.05, 0) is 19.9 Å². The Labute approximate surface area is 114 Å². The molecule has 20 heavy (non-hydrogen) atoms. The van der Waals surface area contributed by atoms with E-state index < -0.39 is 22.3 Å². The first-order valence-corrected chi connectivity index (χ1v) is 5.70. The number of hydrogen-bond donors (Lipinski definition) is 3. The first-order valence-electron chi connectivity index (χ1n) is 5.70. The monoisotopic (exact) mass is 281 g/mol. The van der Waals surface area contributed by atoms with Crippen molar-refractivity contribution in [1.82, 2.24) is 5.32 Å². The van der Waals surface area contributed by atoms with Crippen LogP contribution in [-0.4, -0.2) is 27.4 Å². The number of rotatable bonds is 6. The molecule has 0 aliphatic rings. The van der Waals surface area contributed by atoms with Gasteiger partial charge in [-0.25, -0.2) is 0 Å². The van der Waals surface area contributed by atoms with E-state index in [2.05, 4.69) is 5.32 Å². The van der Waals surface area contributed by atoms with E-state index in [-0.39, 0.29) is 23.4 Å². The molecule has 0 atom stereocenters. The Morgan fingerprint density at radius 2 is 2.05 bits per heavy atom. The summed E-state index contributed by atoms with van der Waals surface area (Å²) in [6, 6.07) is 3.82. The van der Waals surface area contributed by atoms with Crippen molar-refractivity contribution >= 4 is 17.6 Å². The third-order valence-corrected chi connectivity index (χ3v) is 2.82. The van der Waals surface area contributed by atoms with Crippen LogP contribution < -0.4 is 11.1 Å². The topological polar surface area (TPSA) is 136 Å². The number of nitro benzene ring substituents is 1. The molecule has 0 aliphatic carbocycles. The van der Waals surface area contributed by atoms with Crippen molar-refractivity contribution in [3.63, 3.8) is 0 Å². The second-order valence-corrected chi connectivity index (χ2v) is 4.75. The van der Waals surface area contributed by atoms with Crippen molar-refractivity contribution in [2.75, 3.05) is 0 Å². The lowest BCUT2D eigenvalue weighted by Crippen LogP contribution is -2.46. The van der Waals surface area contributed by atoms with Crippen LogP contribution >= 0.6 is 0 Å². The Kier molecular flexibility index (Phi) is 4.41. The van der Waals surface area contributed by atoms with E-state index in [1.54, 1.807) is 0 Å². The van der Waals surface area contributed by atoms with Crippen molar-refractivity contribution in [2.24, 2.45) is 5.73 Å². The molecule has 0 saturated heterocycles. The van der Waals surface area contributed by atoms with Gasteiger partial charge >= 0.3 is 5.97 Å². The first-order chi connectivity index (χ1) is 9.15. The van der Waals surface area contributed by atoms with Crippen LogP contribution in [0.25, 0.3) is 0 Å². The maximum absolute atomic E-state index is 11.0. The molecule has 0 fully saturated rings. The fourth-order valence-electron chi connectivity index (χ4n) is 1.43. The van der Waals surface area contributed by atoms with Crippen LogP contribution in [0.5, 0.6) is 0 Å². The summed E-state index contributed by atoms with van der Waals surface area (Å²) in [5.74, 6) is -1.84. The van der Waals surface area contributed by atoms with E-state index in [4.69, 9.17) is 10.8 Å². The smallest absolute Gasteiger partial charge is 0.323 e. The molecular weight excluding hydrogens is 266 g/mol. The molecule has 0 saturated carbocycles. The van der Waals surface area contributed by atoms with Gasteiger partial charge in [0.15, 0.2) is 0 Å². The van der Waals surface area contributed by atoms with Gasteiger partial charge in [0.05, 0.1) is 4.92 Å². The molecule has 0 unspecified atom stereocenters. The molecule has 108 valence electrons. The minimum atomic E-state index is -1.23. The highest BCUT2D eigenvalue weighted by Gasteiger charge is 2.27. The number of nitrogens with zero attached hydrogens (tertiary/aromatic N) is 1. The van der Waals surface area contributed by atoms with Crippen LogP contribution in [0.15, 0.2) is 18.2 Å². The molecule has 1 amide bonds. The predicted octanol–water partition coefficient (Wildman–Crippen LogP) is 0.646. The number of carboxylic acids is 1. The molecule has 1 aromatic carbocycles. The molecule has 0 heterocycles. The summed E-state index contributed by atoms with van der Waals surface area (Å²) < 4.78 is 0. The molecular formula is C12H15N3O5. The van der Waals surface area contributed by atoms with Gasteiger partial charge in [-0.3, -0.25) is 25.0 Å². The summed E-state index contributed by atoms with van der Waals surface area (Å²) in [4.78, 5) is 32.3. The summed E-state index contributed by atoms with van der Waals surface area (Å²) in [6.45, 7) is 2.87. The third kappa shape index (κ3) is 3.51. The van der Waals surface area contributed by atoms with Crippen molar-refractivity contribution in [3.05, 3.63) is 39.4 Å². The van der Waals surface area contributed by atoms with Gasteiger partial charge in [0.2, 0.25) is 5.91 Å². The van der Waals surface area contributed by atoms with Crippen LogP contribution in [0.2, 0.25) is 0 Å². The lowest BCUT2D eigenvalue weighted by Gasteiger charge is -2.21. The summed E-state index contributed by atoms with van der Waals surface area (Å²) >= 11 is 0. The summed E-state index contributed by atoms with van der Waals surface area (Å²) in [7, 11) is 0. The zero-order valence-electron chi connectivity index (χ0n) is 11.0. The number of aliphatic carboxylic acids is 1. The lowest BCUT2D eigenvalue weighted by molar-refractivity contribution is -0.385. The maximum Gasteiger partial charge on any atom is 0.323 e. The highest BCUT2D eigenvalue weighted by Crippen LogP contribution is 2.21. The average Bonchev–Trinajstić information content (AvgIpc) is 2.35. The second-order valence-electron chi connectivity index (χ2n) is 4.75. The van der Waals surface area contributed by atoms with Gasteiger partial charge in [0, 0.05) is 23.7 Å². The normalized spacial score (nSPS) is 11.1. The van der Waals surface area contributed by atoms with Crippen molar-refractivity contribution in [1.29, 1.82) is 0 Å². The molecule has 1 aromatic rings. The Bertz CT molecular complexity index is 568. The summed E-state index contributed by atoms with van der Waals surface area (Å²) in [6.07, 6.45) is 0. The molecule has 4 N–H and O–H groups in total. The Balaban J connectivity index is 3.04. The molecule has 0 aromatic heterocycles. The molecule has 0 aliphatic heterocycles. The molecule has 0 spiro atoms. The zero-order chi connectivity index (χ0) is 15.5. The minimum Gasteiger partial charge on any atom is -0.480 e. The van der Waals surface area contributed by atoms with Gasteiger partial charge in [-0.15, -0.1) is 0 Å². The number of carbonyl (C=O) groups excluding carboxylic acids is 1. The molecule has 8 heteroatoms. The van der Waals surface area contributed by atoms with Crippen molar-refractivity contribution in [3.8, 4) is 0 Å². The van der Waals surface area contributed by atoms with E-state index in [0.717, 1.165) is 6.07 Å². The minimum absolute atomic E-state index is 0.0192. The second kappa shape index (κ2) is 5.66. The highest BCUT2D eigenvalue weighted by atomic mass is 16.6. The first kappa shape index (κ1) is 15.6. The van der Waals surface area contributed by atoms with Crippen molar-refractivity contribution in [2.45, 2.75) is 25.9 Å². The summed E-state index contributed by atoms with van der Waals surface area (Å²) in [5, 5.41) is 22.6. The summed E-state index contributed by atoms with van der Waals surface area (Å²) in [5.41, 5.74) is 3.85. The van der Waals surface area contributed by atoms with Crippen molar-refractivity contribution < 1.29 is 19.6 Å². The number of hydrogen-bond acceptors (Lipinski definition) is 5. The third-order valence-electron chi connectivity index (χ3n) is 2.82. The largest absolute Gasteiger partial charge is 0.480 e. The average molecular weight is 281 g/mol. The molecule has 0 radical (unpaired) electrons. The predicted molar refractivity (Wildman–Crippen MR) is 70.2 cm³/mol. The van der Waals surface area contributed by atoms with Gasteiger partial charge in [-0.1, -0.05) is 6.07 Å². The fraction of sp³-hybridized carbons (Fsp3) is 0.333. The van der Waals surface area contributed by atoms with Gasteiger partial charge in [0.1, 0.15) is 5.54 Å². The van der Waals surface area contributed by atoms with Crippen LogP contribution in [-0.2, 0) is 11.3 Å². The van der Waals surface area contributed by atoms with E-state index in [0.29, 0.717) is 0 Å². The number of primary amides is 1. The Morgan fingerprint density at radius 1 is 1.45 bits per heavy atom. The maximum atomic E-state index is 11.0. The Morgan fingerprint density at radius 3 is 2.50 bits per heavy atom. The van der Waals surface area contributed by atoms with Crippen LogP contribution in [0.3, 0.4) is 0 Å². The van der Waals surface area contributed by atoms with Crippen LogP contribution in [0.4, 0.5) is 5.69 Å². The number of nitrogens with one attached hydrogen (secondary N) is 1. The van der Waals surface area contributed by atoms with E-state index >= 15 is 0 Å². The van der Waals surface area contributed by atoms with Gasteiger partial charge in [-0.2, -0.15) is 0 Å². The number of nitro groups is 1.